The van der Waals surface area contributed by atoms with Crippen molar-refractivity contribution in [3.05, 3.63) is 51.2 Å². The Kier molecular flexibility index (Phi) is 5.28. The predicted molar refractivity (Wildman–Crippen MR) is 88.7 cm³/mol. The van der Waals surface area contributed by atoms with Gasteiger partial charge in [-0.15, -0.1) is 0 Å². The van der Waals surface area contributed by atoms with Gasteiger partial charge in [0.25, 0.3) is 5.69 Å². The minimum absolute atomic E-state index is 0.0484. The number of hydrogen-bond donors (Lipinski definition) is 2. The third-order valence-electron chi connectivity index (χ3n) is 3.34. The van der Waals surface area contributed by atoms with E-state index < -0.39 is 16.9 Å². The monoisotopic (exact) mass is 335 g/mol. The van der Waals surface area contributed by atoms with Crippen molar-refractivity contribution in [2.24, 2.45) is 0 Å². The van der Waals surface area contributed by atoms with Crippen LogP contribution in [0.1, 0.15) is 31.9 Å². The van der Waals surface area contributed by atoms with E-state index >= 15 is 0 Å². The molecule has 0 saturated heterocycles. The molecule has 0 aromatic heterocycles. The van der Waals surface area contributed by atoms with Crippen LogP contribution in [0.3, 0.4) is 0 Å². The number of benzene rings is 1. The van der Waals surface area contributed by atoms with Crippen LogP contribution >= 0.6 is 12.2 Å². The molecule has 23 heavy (non-hydrogen) atoms. The Morgan fingerprint density at radius 1 is 1.48 bits per heavy atom. The molecule has 0 unspecified atom stereocenters. The molecule has 1 aliphatic rings. The average Bonchev–Trinajstić information content (AvgIpc) is 2.52. The van der Waals surface area contributed by atoms with E-state index in [0.717, 1.165) is 0 Å². The number of rotatable bonds is 5. The molecular formula is C15H17N3O4S. The average molecular weight is 335 g/mol. The van der Waals surface area contributed by atoms with Crippen molar-refractivity contribution < 1.29 is 14.5 Å². The first-order chi connectivity index (χ1) is 10.9. The number of nitro groups is 1. The second-order valence-electron chi connectivity index (χ2n) is 5.06. The summed E-state index contributed by atoms with van der Waals surface area (Å²) in [6.07, 6.45) is 0.707. The Hall–Kier alpha value is -2.48. The lowest BCUT2D eigenvalue weighted by Gasteiger charge is -2.29. The number of ether oxygens (including phenoxy) is 1. The van der Waals surface area contributed by atoms with Crippen molar-refractivity contribution >= 4 is 29.0 Å². The summed E-state index contributed by atoms with van der Waals surface area (Å²) in [6, 6.07) is 5.51. The third-order valence-corrected chi connectivity index (χ3v) is 3.56. The number of nitro benzene ring substituents is 1. The van der Waals surface area contributed by atoms with Crippen LogP contribution in [-0.2, 0) is 9.53 Å². The summed E-state index contributed by atoms with van der Waals surface area (Å²) in [4.78, 5) is 22.8. The summed E-state index contributed by atoms with van der Waals surface area (Å²) in [7, 11) is 0. The van der Waals surface area contributed by atoms with Crippen LogP contribution in [0.4, 0.5) is 5.69 Å². The van der Waals surface area contributed by atoms with Crippen molar-refractivity contribution in [1.82, 2.24) is 10.6 Å². The Morgan fingerprint density at radius 3 is 2.87 bits per heavy atom. The molecule has 1 heterocycles. The van der Waals surface area contributed by atoms with E-state index in [0.29, 0.717) is 35.0 Å². The van der Waals surface area contributed by atoms with Crippen LogP contribution in [0.15, 0.2) is 35.5 Å². The first kappa shape index (κ1) is 16.9. The van der Waals surface area contributed by atoms with Gasteiger partial charge in [0.15, 0.2) is 5.11 Å². The summed E-state index contributed by atoms with van der Waals surface area (Å²) >= 11 is 5.13. The minimum Gasteiger partial charge on any atom is -0.462 e. The molecule has 1 aromatic rings. The maximum atomic E-state index is 12.3. The van der Waals surface area contributed by atoms with Gasteiger partial charge in [0.1, 0.15) is 0 Å². The highest BCUT2D eigenvalue weighted by Gasteiger charge is 2.31. The van der Waals surface area contributed by atoms with Crippen molar-refractivity contribution in [2.75, 3.05) is 6.61 Å². The summed E-state index contributed by atoms with van der Waals surface area (Å²) in [5.41, 5.74) is 1.47. The second-order valence-corrected chi connectivity index (χ2v) is 5.47. The summed E-state index contributed by atoms with van der Waals surface area (Å²) in [5.74, 6) is -0.469. The van der Waals surface area contributed by atoms with Crippen LogP contribution in [0.2, 0.25) is 0 Å². The Bertz CT molecular complexity index is 687. The van der Waals surface area contributed by atoms with E-state index in [1.165, 1.54) is 12.1 Å². The second kappa shape index (κ2) is 7.19. The van der Waals surface area contributed by atoms with Gasteiger partial charge in [0.05, 0.1) is 23.1 Å². The van der Waals surface area contributed by atoms with Gasteiger partial charge in [-0.05, 0) is 31.1 Å². The van der Waals surface area contributed by atoms with E-state index in [4.69, 9.17) is 17.0 Å². The number of esters is 1. The SMILES string of the molecule is CCCOC(=O)C1=C(C)NC(=S)N[C@@H]1c1cccc([N+](=O)[O-])c1. The van der Waals surface area contributed by atoms with Crippen LogP contribution < -0.4 is 10.6 Å². The van der Waals surface area contributed by atoms with E-state index in [1.54, 1.807) is 19.1 Å². The highest BCUT2D eigenvalue weighted by Crippen LogP contribution is 2.29. The third kappa shape index (κ3) is 3.84. The molecule has 8 heteroatoms. The van der Waals surface area contributed by atoms with Crippen molar-refractivity contribution in [2.45, 2.75) is 26.3 Å². The highest BCUT2D eigenvalue weighted by molar-refractivity contribution is 7.80. The number of carbonyl (C=O) groups excluding carboxylic acids is 1. The number of nitrogens with one attached hydrogen (secondary N) is 2. The number of hydrogen-bond acceptors (Lipinski definition) is 5. The van der Waals surface area contributed by atoms with Gasteiger partial charge in [0, 0.05) is 17.8 Å². The highest BCUT2D eigenvalue weighted by atomic mass is 32.1. The molecule has 7 nitrogen and oxygen atoms in total. The zero-order valence-corrected chi connectivity index (χ0v) is 13.6. The molecule has 1 atom stereocenters. The standard InChI is InChI=1S/C15H17N3O4S/c1-3-7-22-14(19)12-9(2)16-15(23)17-13(12)10-5-4-6-11(8-10)18(20)21/h4-6,8,13H,3,7H2,1-2H3,(H2,16,17,23)/t13-/m1/s1. The van der Waals surface area contributed by atoms with Crippen LogP contribution in [0.25, 0.3) is 0 Å². The van der Waals surface area contributed by atoms with E-state index in [-0.39, 0.29) is 5.69 Å². The molecular weight excluding hydrogens is 318 g/mol. The van der Waals surface area contributed by atoms with E-state index in [9.17, 15) is 14.9 Å². The quantitative estimate of drug-likeness (QED) is 0.369. The lowest BCUT2D eigenvalue weighted by atomic mass is 9.95. The maximum absolute atomic E-state index is 12.3. The molecule has 2 rings (SSSR count). The molecule has 0 fully saturated rings. The van der Waals surface area contributed by atoms with Crippen molar-refractivity contribution in [3.63, 3.8) is 0 Å². The summed E-state index contributed by atoms with van der Waals surface area (Å²) < 4.78 is 5.21. The molecule has 122 valence electrons. The number of carbonyl (C=O) groups is 1. The Balaban J connectivity index is 2.42. The molecule has 0 bridgehead atoms. The number of nitrogens with zero attached hydrogens (tertiary/aromatic N) is 1. The number of thiocarbonyl (C=S) groups is 1. The summed E-state index contributed by atoms with van der Waals surface area (Å²) in [5, 5.41) is 17.2. The molecule has 2 N–H and O–H groups in total. The lowest BCUT2D eigenvalue weighted by molar-refractivity contribution is -0.384. The van der Waals surface area contributed by atoms with E-state index in [2.05, 4.69) is 10.6 Å². The normalized spacial score (nSPS) is 17.3. The van der Waals surface area contributed by atoms with Crippen molar-refractivity contribution in [1.29, 1.82) is 0 Å². The van der Waals surface area contributed by atoms with Crippen LogP contribution in [-0.4, -0.2) is 22.6 Å². The van der Waals surface area contributed by atoms with Gasteiger partial charge in [-0.1, -0.05) is 19.1 Å². The van der Waals surface area contributed by atoms with Crippen molar-refractivity contribution in [3.8, 4) is 0 Å². The number of non-ortho nitro benzene ring substituents is 1. The van der Waals surface area contributed by atoms with Gasteiger partial charge in [0.2, 0.25) is 0 Å². The van der Waals surface area contributed by atoms with Gasteiger partial charge in [-0.25, -0.2) is 4.79 Å². The van der Waals surface area contributed by atoms with E-state index in [1.807, 2.05) is 6.92 Å². The molecule has 0 saturated carbocycles. The first-order valence-corrected chi connectivity index (χ1v) is 7.54. The minimum atomic E-state index is -0.590. The molecule has 0 radical (unpaired) electrons. The molecule has 1 aliphatic heterocycles. The number of allylic oxidation sites excluding steroid dienone is 1. The molecule has 1 aromatic carbocycles. The van der Waals surface area contributed by atoms with Crippen LogP contribution in [0, 0.1) is 10.1 Å². The lowest BCUT2D eigenvalue weighted by Crippen LogP contribution is -2.45. The predicted octanol–water partition coefficient (Wildman–Crippen LogP) is 2.34. The molecule has 0 amide bonds. The zero-order valence-electron chi connectivity index (χ0n) is 12.8. The Labute approximate surface area is 138 Å². The molecule has 0 spiro atoms. The Morgan fingerprint density at radius 2 is 2.22 bits per heavy atom. The largest absolute Gasteiger partial charge is 0.462 e. The fraction of sp³-hybridized carbons (Fsp3) is 0.333. The summed E-state index contributed by atoms with van der Waals surface area (Å²) in [6.45, 7) is 3.93. The van der Waals surface area contributed by atoms with Gasteiger partial charge in [-0.2, -0.15) is 0 Å². The van der Waals surface area contributed by atoms with Crippen LogP contribution in [0.5, 0.6) is 0 Å². The zero-order chi connectivity index (χ0) is 17.0. The van der Waals surface area contributed by atoms with Gasteiger partial charge < -0.3 is 15.4 Å². The topological polar surface area (TPSA) is 93.5 Å². The maximum Gasteiger partial charge on any atom is 0.338 e. The fourth-order valence-electron chi connectivity index (χ4n) is 2.30. The molecule has 0 aliphatic carbocycles. The fourth-order valence-corrected chi connectivity index (χ4v) is 2.58. The van der Waals surface area contributed by atoms with Gasteiger partial charge in [-0.3, -0.25) is 10.1 Å². The van der Waals surface area contributed by atoms with Gasteiger partial charge >= 0.3 is 5.97 Å². The smallest absolute Gasteiger partial charge is 0.338 e. The first-order valence-electron chi connectivity index (χ1n) is 7.13.